The minimum atomic E-state index is -1.28. The second-order valence-electron chi connectivity index (χ2n) is 14.0. The van der Waals surface area contributed by atoms with Gasteiger partial charge >= 0.3 is 0 Å². The van der Waals surface area contributed by atoms with Crippen LogP contribution in [0.3, 0.4) is 0 Å². The molecule has 47 heavy (non-hydrogen) atoms. The zero-order chi connectivity index (χ0) is 34.6. The molecule has 6 heteroatoms. The van der Waals surface area contributed by atoms with Gasteiger partial charge in [0.25, 0.3) is 0 Å². The number of hydrogen-bond acceptors (Lipinski definition) is 5. The van der Waals surface area contributed by atoms with Crippen LogP contribution < -0.4 is 5.32 Å². The SMILES string of the molecule is CCCCC/C=C/CC/C=C/CCCC(O)C(O)C(CO)NC(=O)C(O)CCCCCCCCCCCCCCCCCCCCC. The van der Waals surface area contributed by atoms with E-state index in [1.165, 1.54) is 122 Å². The van der Waals surface area contributed by atoms with Crippen LogP contribution in [0.15, 0.2) is 24.3 Å². The molecule has 0 spiro atoms. The Morgan fingerprint density at radius 3 is 1.34 bits per heavy atom. The van der Waals surface area contributed by atoms with Gasteiger partial charge in [0.05, 0.1) is 18.8 Å². The van der Waals surface area contributed by atoms with Crippen LogP contribution in [0.5, 0.6) is 0 Å². The van der Waals surface area contributed by atoms with Gasteiger partial charge in [0.15, 0.2) is 0 Å². The summed E-state index contributed by atoms with van der Waals surface area (Å²) in [6.07, 6.45) is 39.2. The summed E-state index contributed by atoms with van der Waals surface area (Å²) in [7, 11) is 0. The molecule has 0 aromatic carbocycles. The lowest BCUT2D eigenvalue weighted by Gasteiger charge is -2.27. The third-order valence-electron chi connectivity index (χ3n) is 9.39. The zero-order valence-electron chi connectivity index (χ0n) is 31.0. The van der Waals surface area contributed by atoms with Crippen molar-refractivity contribution in [2.75, 3.05) is 6.61 Å². The van der Waals surface area contributed by atoms with Gasteiger partial charge in [-0.05, 0) is 51.4 Å². The highest BCUT2D eigenvalue weighted by atomic mass is 16.3. The number of hydrogen-bond donors (Lipinski definition) is 5. The first kappa shape index (κ1) is 45.8. The van der Waals surface area contributed by atoms with Gasteiger partial charge < -0.3 is 25.7 Å². The lowest BCUT2D eigenvalue weighted by molar-refractivity contribution is -0.132. The molecule has 0 aliphatic carbocycles. The van der Waals surface area contributed by atoms with E-state index in [0.29, 0.717) is 19.3 Å². The van der Waals surface area contributed by atoms with E-state index in [-0.39, 0.29) is 0 Å². The highest BCUT2D eigenvalue weighted by Crippen LogP contribution is 2.16. The van der Waals surface area contributed by atoms with Crippen LogP contribution in [-0.2, 0) is 4.79 Å². The molecular formula is C41H79NO5. The van der Waals surface area contributed by atoms with Crippen LogP contribution in [0.4, 0.5) is 0 Å². The van der Waals surface area contributed by atoms with Crippen LogP contribution in [-0.4, -0.2) is 57.3 Å². The van der Waals surface area contributed by atoms with Gasteiger partial charge in [-0.25, -0.2) is 0 Å². The van der Waals surface area contributed by atoms with Gasteiger partial charge in [0, 0.05) is 0 Å². The molecule has 0 saturated carbocycles. The number of nitrogens with one attached hydrogen (secondary N) is 1. The van der Waals surface area contributed by atoms with Crippen LogP contribution in [0.25, 0.3) is 0 Å². The molecule has 0 fully saturated rings. The molecule has 278 valence electrons. The third kappa shape index (κ3) is 30.6. The van der Waals surface area contributed by atoms with E-state index in [4.69, 9.17) is 0 Å². The summed E-state index contributed by atoms with van der Waals surface area (Å²) in [5, 5.41) is 43.4. The largest absolute Gasteiger partial charge is 0.394 e. The molecule has 0 aliphatic rings. The van der Waals surface area contributed by atoms with Gasteiger partial charge in [-0.2, -0.15) is 0 Å². The Kier molecular flexibility index (Phi) is 35.2. The van der Waals surface area contributed by atoms with E-state index in [9.17, 15) is 25.2 Å². The molecule has 0 aromatic rings. The van der Waals surface area contributed by atoms with Crippen molar-refractivity contribution in [3.8, 4) is 0 Å². The van der Waals surface area contributed by atoms with Gasteiger partial charge in [-0.1, -0.05) is 173 Å². The van der Waals surface area contributed by atoms with Crippen LogP contribution in [0, 0.1) is 0 Å². The average Bonchev–Trinajstić information content (AvgIpc) is 3.07. The number of rotatable bonds is 36. The molecule has 6 nitrogen and oxygen atoms in total. The Balaban J connectivity index is 3.78. The molecule has 0 heterocycles. The number of amides is 1. The molecule has 0 rings (SSSR count). The minimum absolute atomic E-state index is 0.364. The van der Waals surface area contributed by atoms with Crippen LogP contribution in [0.2, 0.25) is 0 Å². The van der Waals surface area contributed by atoms with Crippen molar-refractivity contribution in [3.05, 3.63) is 24.3 Å². The second-order valence-corrected chi connectivity index (χ2v) is 14.0. The number of carbonyl (C=O) groups excluding carboxylic acids is 1. The minimum Gasteiger partial charge on any atom is -0.394 e. The molecular weight excluding hydrogens is 586 g/mol. The number of unbranched alkanes of at least 4 members (excludes halogenated alkanes) is 23. The molecule has 4 unspecified atom stereocenters. The molecule has 0 aliphatic heterocycles. The van der Waals surface area contributed by atoms with Crippen molar-refractivity contribution >= 4 is 5.91 Å². The molecule has 1 amide bonds. The molecule has 0 bridgehead atoms. The first-order chi connectivity index (χ1) is 23.0. The van der Waals surface area contributed by atoms with E-state index < -0.39 is 36.9 Å². The molecule has 0 saturated heterocycles. The highest BCUT2D eigenvalue weighted by molar-refractivity contribution is 5.80. The van der Waals surface area contributed by atoms with Gasteiger partial charge in [0.1, 0.15) is 12.2 Å². The first-order valence-corrected chi connectivity index (χ1v) is 20.2. The average molecular weight is 666 g/mol. The molecule has 4 atom stereocenters. The maximum atomic E-state index is 12.5. The summed E-state index contributed by atoms with van der Waals surface area (Å²) in [6, 6.07) is -1.00. The van der Waals surface area contributed by atoms with Gasteiger partial charge in [-0.3, -0.25) is 4.79 Å². The summed E-state index contributed by atoms with van der Waals surface area (Å²) < 4.78 is 0. The fourth-order valence-electron chi connectivity index (χ4n) is 6.12. The summed E-state index contributed by atoms with van der Waals surface area (Å²) >= 11 is 0. The van der Waals surface area contributed by atoms with Crippen molar-refractivity contribution in [2.24, 2.45) is 0 Å². The highest BCUT2D eigenvalue weighted by Gasteiger charge is 2.28. The number of aliphatic hydroxyl groups is 4. The maximum Gasteiger partial charge on any atom is 0.249 e. The van der Waals surface area contributed by atoms with E-state index in [1.807, 2.05) is 0 Å². The Labute approximate surface area is 291 Å². The summed E-state index contributed by atoms with van der Waals surface area (Å²) in [5.74, 6) is -0.597. The van der Waals surface area contributed by atoms with Crippen molar-refractivity contribution in [2.45, 2.75) is 224 Å². The zero-order valence-corrected chi connectivity index (χ0v) is 31.0. The fraction of sp³-hybridized carbons (Fsp3) is 0.878. The lowest BCUT2D eigenvalue weighted by Crippen LogP contribution is -2.53. The Hall–Kier alpha value is -1.21. The smallest absolute Gasteiger partial charge is 0.249 e. The van der Waals surface area contributed by atoms with Gasteiger partial charge in [-0.15, -0.1) is 0 Å². The Morgan fingerprint density at radius 1 is 0.511 bits per heavy atom. The van der Waals surface area contributed by atoms with Crippen LogP contribution >= 0.6 is 0 Å². The van der Waals surface area contributed by atoms with E-state index in [0.717, 1.165) is 44.9 Å². The number of aliphatic hydroxyl groups excluding tert-OH is 4. The quantitative estimate of drug-likeness (QED) is 0.0338. The molecule has 0 radical (unpaired) electrons. The van der Waals surface area contributed by atoms with E-state index in [1.54, 1.807) is 0 Å². The summed E-state index contributed by atoms with van der Waals surface area (Å²) in [6.45, 7) is 3.99. The topological polar surface area (TPSA) is 110 Å². The standard InChI is InChI=1S/C41H79NO5/c1-3-5-7-9-11-13-15-17-18-19-20-21-22-23-25-27-29-31-33-35-39(45)41(47)42-37(36-43)40(46)38(44)34-32-30-28-26-24-16-14-12-10-8-6-4-2/h12,14,26,28,37-40,43-46H,3-11,13,15-25,27,29-36H2,1-2H3,(H,42,47)/b14-12+,28-26+. The monoisotopic (exact) mass is 666 g/mol. The number of allylic oxidation sites excluding steroid dienone is 4. The third-order valence-corrected chi connectivity index (χ3v) is 9.39. The van der Waals surface area contributed by atoms with E-state index in [2.05, 4.69) is 43.5 Å². The fourth-order valence-corrected chi connectivity index (χ4v) is 6.12. The normalized spacial score (nSPS) is 14.6. The Morgan fingerprint density at radius 2 is 0.894 bits per heavy atom. The van der Waals surface area contributed by atoms with Gasteiger partial charge in [0.2, 0.25) is 5.91 Å². The Bertz CT molecular complexity index is 712. The predicted molar refractivity (Wildman–Crippen MR) is 201 cm³/mol. The predicted octanol–water partition coefficient (Wildman–Crippen LogP) is 10.0. The van der Waals surface area contributed by atoms with Crippen molar-refractivity contribution in [1.29, 1.82) is 0 Å². The van der Waals surface area contributed by atoms with Crippen molar-refractivity contribution in [1.82, 2.24) is 5.32 Å². The second kappa shape index (κ2) is 36.1. The maximum absolute atomic E-state index is 12.5. The molecule has 5 N–H and O–H groups in total. The molecule has 0 aromatic heterocycles. The van der Waals surface area contributed by atoms with Crippen molar-refractivity contribution in [3.63, 3.8) is 0 Å². The summed E-state index contributed by atoms with van der Waals surface area (Å²) in [4.78, 5) is 12.5. The van der Waals surface area contributed by atoms with E-state index >= 15 is 0 Å². The lowest BCUT2D eigenvalue weighted by atomic mass is 10.00. The van der Waals surface area contributed by atoms with Crippen LogP contribution in [0.1, 0.15) is 200 Å². The summed E-state index contributed by atoms with van der Waals surface area (Å²) in [5.41, 5.74) is 0. The first-order valence-electron chi connectivity index (χ1n) is 20.2. The van der Waals surface area contributed by atoms with Crippen molar-refractivity contribution < 1.29 is 25.2 Å². The number of carbonyl (C=O) groups is 1.